The number of piperidine rings is 2. The Kier molecular flexibility index (Phi) is 9.23. The van der Waals surface area contributed by atoms with Crippen molar-refractivity contribution >= 4 is 45.2 Å². The number of amides is 4. The number of rotatable bonds is 11. The highest BCUT2D eigenvalue weighted by Crippen LogP contribution is 2.32. The van der Waals surface area contributed by atoms with Gasteiger partial charge in [0.2, 0.25) is 0 Å². The van der Waals surface area contributed by atoms with Gasteiger partial charge in [-0.05, 0) is 125 Å². The largest absolute Gasteiger partial charge is 0.303 e. The number of hydrogen-bond donors (Lipinski definition) is 0. The Labute approximate surface area is 294 Å². The van der Waals surface area contributed by atoms with Crippen LogP contribution < -0.4 is 0 Å². The summed E-state index contributed by atoms with van der Waals surface area (Å²) in [7, 11) is 0. The van der Waals surface area contributed by atoms with Crippen LogP contribution in [0.25, 0.3) is 21.5 Å². The van der Waals surface area contributed by atoms with Crippen molar-refractivity contribution in [2.75, 3.05) is 52.4 Å². The second-order valence-electron chi connectivity index (χ2n) is 14.8. The lowest BCUT2D eigenvalue weighted by atomic mass is 9.85. The summed E-state index contributed by atoms with van der Waals surface area (Å²) in [6.07, 6.45) is 9.10. The maximum absolute atomic E-state index is 13.2. The lowest BCUT2D eigenvalue weighted by Crippen LogP contribution is -2.42. The van der Waals surface area contributed by atoms with Crippen LogP contribution in [0.5, 0.6) is 0 Å². The minimum atomic E-state index is -0.168. The van der Waals surface area contributed by atoms with Gasteiger partial charge >= 0.3 is 0 Å². The number of likely N-dealkylation sites (tertiary alicyclic amines) is 2. The minimum absolute atomic E-state index is 0.168. The zero-order valence-corrected chi connectivity index (χ0v) is 28.8. The van der Waals surface area contributed by atoms with Crippen LogP contribution in [0.3, 0.4) is 0 Å². The fourth-order valence-corrected chi connectivity index (χ4v) is 8.94. The van der Waals surface area contributed by atoms with E-state index < -0.39 is 0 Å². The van der Waals surface area contributed by atoms with Crippen LogP contribution in [0, 0.1) is 11.8 Å². The molecule has 4 aliphatic heterocycles. The number of benzene rings is 4. The van der Waals surface area contributed by atoms with Crippen molar-refractivity contribution in [2.24, 2.45) is 11.8 Å². The highest BCUT2D eigenvalue weighted by atomic mass is 16.2. The van der Waals surface area contributed by atoms with E-state index in [0.717, 1.165) is 85.5 Å². The number of imide groups is 2. The first-order valence-corrected chi connectivity index (χ1v) is 18.7. The highest BCUT2D eigenvalue weighted by Gasteiger charge is 2.34. The van der Waals surface area contributed by atoms with Crippen molar-refractivity contribution in [1.82, 2.24) is 19.6 Å². The monoisotopic (exact) mass is 670 g/mol. The molecule has 4 heterocycles. The first-order chi connectivity index (χ1) is 24.5. The molecule has 0 unspecified atom stereocenters. The molecule has 4 amide bonds. The number of nitrogens with zero attached hydrogens (tertiary/aromatic N) is 4. The molecule has 4 aromatic rings. The summed E-state index contributed by atoms with van der Waals surface area (Å²) in [5.41, 5.74) is 2.55. The van der Waals surface area contributed by atoms with E-state index in [0.29, 0.717) is 35.3 Å². The van der Waals surface area contributed by atoms with Gasteiger partial charge in [-0.3, -0.25) is 29.0 Å². The Morgan fingerprint density at radius 3 is 1.08 bits per heavy atom. The van der Waals surface area contributed by atoms with E-state index in [2.05, 4.69) is 9.80 Å². The van der Waals surface area contributed by atoms with E-state index in [1.165, 1.54) is 48.3 Å². The smallest absolute Gasteiger partial charge is 0.261 e. The molecular formula is C42H46N4O4. The molecule has 4 aromatic carbocycles. The molecule has 0 spiro atoms. The van der Waals surface area contributed by atoms with Gasteiger partial charge in [0.05, 0.1) is 0 Å². The molecule has 0 bridgehead atoms. The first-order valence-electron chi connectivity index (χ1n) is 18.7. The Morgan fingerprint density at radius 2 is 0.760 bits per heavy atom. The normalized spacial score (nSPS) is 19.4. The fourth-order valence-electron chi connectivity index (χ4n) is 8.94. The van der Waals surface area contributed by atoms with E-state index in [9.17, 15) is 19.2 Å². The second-order valence-corrected chi connectivity index (χ2v) is 14.8. The van der Waals surface area contributed by atoms with Crippen LogP contribution in [-0.2, 0) is 0 Å². The average Bonchev–Trinajstić information content (AvgIpc) is 3.15. The molecule has 2 fully saturated rings. The lowest BCUT2D eigenvalue weighted by molar-refractivity contribution is 0.0584. The predicted molar refractivity (Wildman–Crippen MR) is 195 cm³/mol. The van der Waals surface area contributed by atoms with E-state index in [1.54, 1.807) is 0 Å². The summed E-state index contributed by atoms with van der Waals surface area (Å²) in [6.45, 7) is 7.12. The van der Waals surface area contributed by atoms with E-state index in [4.69, 9.17) is 0 Å². The molecule has 0 atom stereocenters. The summed E-state index contributed by atoms with van der Waals surface area (Å²) in [6, 6.07) is 22.8. The molecule has 0 N–H and O–H groups in total. The summed E-state index contributed by atoms with van der Waals surface area (Å²) in [5.74, 6) is 0.889. The molecule has 0 aliphatic carbocycles. The van der Waals surface area contributed by atoms with Crippen LogP contribution in [0.4, 0.5) is 0 Å². The van der Waals surface area contributed by atoms with Gasteiger partial charge in [0, 0.05) is 46.1 Å². The fraction of sp³-hybridized carbons (Fsp3) is 0.429. The Hall–Kier alpha value is -4.40. The van der Waals surface area contributed by atoms with Gasteiger partial charge in [-0.15, -0.1) is 0 Å². The standard InChI is InChI=1S/C42H46N4O4/c47-39-33-11-1-7-31-8-2-12-34(37(31)33)40(48)45(39)23-5-21-43-25-17-29(18-26-43)15-16-30-19-27-44(28-20-30)22-6-24-46-41(49)35-13-3-9-32-10-4-14-36(38(32)35)42(46)50/h1-4,7-14,29-30H,5-6,15-28H2. The number of hydrogen-bond acceptors (Lipinski definition) is 6. The predicted octanol–water partition coefficient (Wildman–Crippen LogP) is 6.87. The van der Waals surface area contributed by atoms with Gasteiger partial charge in [0.1, 0.15) is 0 Å². The van der Waals surface area contributed by atoms with E-state index >= 15 is 0 Å². The summed E-state index contributed by atoms with van der Waals surface area (Å²) in [4.78, 5) is 60.8. The molecule has 4 aliphatic rings. The van der Waals surface area contributed by atoms with Crippen molar-refractivity contribution in [1.29, 1.82) is 0 Å². The van der Waals surface area contributed by atoms with Gasteiger partial charge in [0.15, 0.2) is 0 Å². The minimum Gasteiger partial charge on any atom is -0.303 e. The maximum atomic E-state index is 13.2. The summed E-state index contributed by atoms with van der Waals surface area (Å²) < 4.78 is 0. The van der Waals surface area contributed by atoms with E-state index in [-0.39, 0.29) is 23.6 Å². The first kappa shape index (κ1) is 32.8. The molecule has 50 heavy (non-hydrogen) atoms. The SMILES string of the molecule is O=C1c2cccc3cccc(c23)C(=O)N1CCCN1CCC(CCC2CCN(CCCN3C(=O)c4cccc5cccc(c45)C3=O)CC2)CC1. The van der Waals surface area contributed by atoms with Crippen molar-refractivity contribution in [2.45, 2.75) is 51.4 Å². The van der Waals surface area contributed by atoms with Crippen LogP contribution in [0.2, 0.25) is 0 Å². The van der Waals surface area contributed by atoms with Gasteiger partial charge in [0.25, 0.3) is 23.6 Å². The third-order valence-corrected chi connectivity index (χ3v) is 11.8. The van der Waals surface area contributed by atoms with Crippen molar-refractivity contribution < 1.29 is 19.2 Å². The van der Waals surface area contributed by atoms with Gasteiger partial charge in [-0.25, -0.2) is 0 Å². The zero-order valence-electron chi connectivity index (χ0n) is 28.8. The van der Waals surface area contributed by atoms with Crippen LogP contribution in [0.15, 0.2) is 72.8 Å². The summed E-state index contributed by atoms with van der Waals surface area (Å²) in [5, 5.41) is 3.47. The quantitative estimate of drug-likeness (QED) is 0.162. The molecule has 8 rings (SSSR count). The highest BCUT2D eigenvalue weighted by molar-refractivity contribution is 6.26. The lowest BCUT2D eigenvalue weighted by Gasteiger charge is -2.35. The van der Waals surface area contributed by atoms with Crippen molar-refractivity contribution in [3.63, 3.8) is 0 Å². The van der Waals surface area contributed by atoms with Crippen LogP contribution >= 0.6 is 0 Å². The zero-order chi connectivity index (χ0) is 34.2. The molecule has 2 saturated heterocycles. The Bertz CT molecular complexity index is 1710. The average molecular weight is 671 g/mol. The Balaban J connectivity index is 0.721. The molecule has 0 radical (unpaired) electrons. The number of carbonyl (C=O) groups excluding carboxylic acids is 4. The van der Waals surface area contributed by atoms with Gasteiger partial charge in [-0.1, -0.05) is 61.4 Å². The molecule has 0 aromatic heterocycles. The molecule has 258 valence electrons. The molecule has 0 saturated carbocycles. The van der Waals surface area contributed by atoms with Gasteiger partial charge in [-0.2, -0.15) is 0 Å². The van der Waals surface area contributed by atoms with Crippen molar-refractivity contribution in [3.05, 3.63) is 95.1 Å². The van der Waals surface area contributed by atoms with Crippen molar-refractivity contribution in [3.8, 4) is 0 Å². The maximum Gasteiger partial charge on any atom is 0.261 e. The van der Waals surface area contributed by atoms with E-state index in [1.807, 2.05) is 72.8 Å². The second kappa shape index (κ2) is 14.1. The third kappa shape index (κ3) is 6.24. The van der Waals surface area contributed by atoms with Gasteiger partial charge < -0.3 is 9.80 Å². The molecule has 8 heteroatoms. The van der Waals surface area contributed by atoms with Crippen LogP contribution in [0.1, 0.15) is 92.8 Å². The Morgan fingerprint density at radius 1 is 0.440 bits per heavy atom. The van der Waals surface area contributed by atoms with Crippen LogP contribution in [-0.4, -0.2) is 95.6 Å². The molecule has 8 nitrogen and oxygen atoms in total. The summed E-state index contributed by atoms with van der Waals surface area (Å²) >= 11 is 0. The molecular weight excluding hydrogens is 624 g/mol. The number of carbonyl (C=O) groups is 4. The topological polar surface area (TPSA) is 81.2 Å². The third-order valence-electron chi connectivity index (χ3n) is 11.8.